The first-order chi connectivity index (χ1) is 14.5. The maximum Gasteiger partial charge on any atom is 0.305 e. The average Bonchev–Trinajstić information content (AvgIpc) is 2.75. The molecular weight excluding hydrogens is 499 g/mol. The summed E-state index contributed by atoms with van der Waals surface area (Å²) in [6, 6.07) is 14.9. The van der Waals surface area contributed by atoms with Crippen molar-refractivity contribution in [2.75, 3.05) is 13.7 Å². The van der Waals surface area contributed by atoms with Crippen LogP contribution in [0.3, 0.4) is 0 Å². The number of benzene rings is 2. The molecule has 8 heteroatoms. The molecule has 0 saturated heterocycles. The lowest BCUT2D eigenvalue weighted by atomic mass is 10.1. The Hall–Kier alpha value is -2.62. The Morgan fingerprint density at radius 2 is 1.73 bits per heavy atom. The molecular formula is C22H25IN2O5. The lowest BCUT2D eigenvalue weighted by molar-refractivity contribution is -0.143. The molecule has 0 aliphatic rings. The number of halogens is 1. The molecule has 0 aliphatic heterocycles. The number of hydrazine groups is 1. The van der Waals surface area contributed by atoms with E-state index in [1.807, 2.05) is 30.3 Å². The fourth-order valence-corrected chi connectivity index (χ4v) is 3.38. The maximum atomic E-state index is 12.1. The monoisotopic (exact) mass is 524 g/mol. The number of hydrogen-bond acceptors (Lipinski definition) is 5. The van der Waals surface area contributed by atoms with Gasteiger partial charge in [0, 0.05) is 18.4 Å². The fourth-order valence-electron chi connectivity index (χ4n) is 2.64. The molecule has 0 aliphatic carbocycles. The number of carbonyl (C=O) groups excluding carboxylic acids is 3. The fraction of sp³-hybridized carbons (Fsp3) is 0.318. The number of amides is 2. The third-order valence-electron chi connectivity index (χ3n) is 4.23. The van der Waals surface area contributed by atoms with Crippen molar-refractivity contribution in [1.29, 1.82) is 0 Å². The first-order valence-corrected chi connectivity index (χ1v) is 10.7. The summed E-state index contributed by atoms with van der Waals surface area (Å²) in [6.07, 6.45) is 2.22. The molecule has 0 atom stereocenters. The van der Waals surface area contributed by atoms with Crippen molar-refractivity contribution in [3.8, 4) is 5.75 Å². The Labute approximate surface area is 189 Å². The second kappa shape index (κ2) is 12.8. The zero-order valence-electron chi connectivity index (χ0n) is 16.8. The molecule has 0 saturated carbocycles. The molecule has 2 aromatic rings. The SMILES string of the molecule is COc1ccc(C(=O)NNC(=O)CCCC(=O)OCCCc2ccccc2)cc1I. The number of esters is 1. The lowest BCUT2D eigenvalue weighted by Gasteiger charge is -2.09. The first kappa shape index (κ1) is 23.7. The van der Waals surface area contributed by atoms with Crippen molar-refractivity contribution >= 4 is 40.4 Å². The molecule has 7 nitrogen and oxygen atoms in total. The summed E-state index contributed by atoms with van der Waals surface area (Å²) in [4.78, 5) is 35.7. The highest BCUT2D eigenvalue weighted by atomic mass is 127. The van der Waals surface area contributed by atoms with Gasteiger partial charge in [-0.3, -0.25) is 25.2 Å². The summed E-state index contributed by atoms with van der Waals surface area (Å²) in [5.74, 6) is -0.457. The van der Waals surface area contributed by atoms with Crippen molar-refractivity contribution in [3.63, 3.8) is 0 Å². The summed E-state index contributed by atoms with van der Waals surface area (Å²) >= 11 is 2.06. The predicted molar refractivity (Wildman–Crippen MR) is 121 cm³/mol. The Morgan fingerprint density at radius 3 is 2.43 bits per heavy atom. The minimum atomic E-state index is -0.429. The van der Waals surface area contributed by atoms with Gasteiger partial charge in [0.25, 0.3) is 5.91 Å². The summed E-state index contributed by atoms with van der Waals surface area (Å²) in [5.41, 5.74) is 6.32. The second-order valence-electron chi connectivity index (χ2n) is 6.51. The van der Waals surface area contributed by atoms with E-state index in [0.29, 0.717) is 24.3 Å². The number of carbonyl (C=O) groups is 3. The number of hydrogen-bond donors (Lipinski definition) is 2. The van der Waals surface area contributed by atoms with Gasteiger partial charge in [0.15, 0.2) is 0 Å². The van der Waals surface area contributed by atoms with E-state index in [1.165, 1.54) is 5.56 Å². The van der Waals surface area contributed by atoms with Gasteiger partial charge in [0.05, 0.1) is 17.3 Å². The number of aryl methyl sites for hydroxylation is 1. The molecule has 0 fully saturated rings. The first-order valence-electron chi connectivity index (χ1n) is 9.62. The molecule has 0 bridgehead atoms. The van der Waals surface area contributed by atoms with Crippen molar-refractivity contribution in [1.82, 2.24) is 10.9 Å². The highest BCUT2D eigenvalue weighted by Gasteiger charge is 2.11. The van der Waals surface area contributed by atoms with E-state index in [9.17, 15) is 14.4 Å². The highest BCUT2D eigenvalue weighted by Crippen LogP contribution is 2.21. The standard InChI is InChI=1S/C22H25IN2O5/c1-29-19-13-12-17(15-18(19)23)22(28)25-24-20(26)10-5-11-21(27)30-14-6-9-16-7-3-2-4-8-16/h2-4,7-8,12-13,15H,5-6,9-11,14H2,1H3,(H,24,26)(H,25,28). The van der Waals surface area contributed by atoms with Gasteiger partial charge >= 0.3 is 5.97 Å². The molecule has 0 heterocycles. The van der Waals surface area contributed by atoms with Crippen molar-refractivity contribution in [2.45, 2.75) is 32.1 Å². The predicted octanol–water partition coefficient (Wildman–Crippen LogP) is 3.41. The molecule has 0 unspecified atom stereocenters. The van der Waals surface area contributed by atoms with E-state index >= 15 is 0 Å². The van der Waals surface area contributed by atoms with Crippen molar-refractivity contribution in [3.05, 3.63) is 63.2 Å². The van der Waals surface area contributed by atoms with Crippen molar-refractivity contribution in [2.24, 2.45) is 0 Å². The lowest BCUT2D eigenvalue weighted by Crippen LogP contribution is -2.41. The Bertz CT molecular complexity index is 858. The van der Waals surface area contributed by atoms with Crippen molar-refractivity contribution < 1.29 is 23.9 Å². The number of ether oxygens (including phenoxy) is 2. The van der Waals surface area contributed by atoms with Crippen LogP contribution in [0.25, 0.3) is 0 Å². The minimum absolute atomic E-state index is 0.111. The molecule has 2 rings (SSSR count). The van der Waals surface area contributed by atoms with E-state index in [4.69, 9.17) is 9.47 Å². The maximum absolute atomic E-state index is 12.1. The van der Waals surface area contributed by atoms with Crippen LogP contribution < -0.4 is 15.6 Å². The van der Waals surface area contributed by atoms with Crippen LogP contribution in [0.4, 0.5) is 0 Å². The van der Waals surface area contributed by atoms with E-state index in [-0.39, 0.29) is 24.7 Å². The van der Waals surface area contributed by atoms with E-state index in [1.54, 1.807) is 25.3 Å². The summed E-state index contributed by atoms with van der Waals surface area (Å²) < 4.78 is 11.1. The van der Waals surface area contributed by atoms with Crippen LogP contribution in [0.2, 0.25) is 0 Å². The molecule has 0 spiro atoms. The van der Waals surface area contributed by atoms with Gasteiger partial charge in [-0.25, -0.2) is 0 Å². The Balaban J connectivity index is 1.57. The molecule has 30 heavy (non-hydrogen) atoms. The van der Waals surface area contributed by atoms with E-state index in [2.05, 4.69) is 33.4 Å². The largest absolute Gasteiger partial charge is 0.496 e. The molecule has 0 radical (unpaired) electrons. The Kier molecular flexibility index (Phi) is 10.1. The molecule has 2 N–H and O–H groups in total. The normalized spacial score (nSPS) is 10.2. The van der Waals surface area contributed by atoms with Crippen LogP contribution in [0.5, 0.6) is 5.75 Å². The van der Waals surface area contributed by atoms with E-state index < -0.39 is 5.91 Å². The van der Waals surface area contributed by atoms with Gasteiger partial charge in [-0.2, -0.15) is 0 Å². The Morgan fingerprint density at radius 1 is 0.967 bits per heavy atom. The molecule has 0 aromatic heterocycles. The summed E-state index contributed by atoms with van der Waals surface area (Å²) in [6.45, 7) is 0.358. The zero-order chi connectivity index (χ0) is 21.8. The molecule has 160 valence electrons. The minimum Gasteiger partial charge on any atom is -0.496 e. The average molecular weight is 524 g/mol. The third-order valence-corrected chi connectivity index (χ3v) is 5.07. The van der Waals surface area contributed by atoms with E-state index in [0.717, 1.165) is 16.4 Å². The topological polar surface area (TPSA) is 93.7 Å². The van der Waals surface area contributed by atoms with Crippen LogP contribution in [0, 0.1) is 3.57 Å². The highest BCUT2D eigenvalue weighted by molar-refractivity contribution is 14.1. The summed E-state index contributed by atoms with van der Waals surface area (Å²) in [7, 11) is 1.55. The molecule has 2 amide bonds. The smallest absolute Gasteiger partial charge is 0.305 e. The van der Waals surface area contributed by atoms with Gasteiger partial charge in [0.2, 0.25) is 5.91 Å². The van der Waals surface area contributed by atoms with Gasteiger partial charge in [-0.1, -0.05) is 30.3 Å². The second-order valence-corrected chi connectivity index (χ2v) is 7.68. The third kappa shape index (κ3) is 8.40. The van der Waals surface area contributed by atoms with Crippen LogP contribution in [0.1, 0.15) is 41.6 Å². The van der Waals surface area contributed by atoms with Gasteiger partial charge in [-0.15, -0.1) is 0 Å². The molecule has 2 aromatic carbocycles. The number of nitrogens with one attached hydrogen (secondary N) is 2. The quantitative estimate of drug-likeness (QED) is 0.215. The van der Waals surface area contributed by atoms with Crippen LogP contribution in [-0.4, -0.2) is 31.5 Å². The van der Waals surface area contributed by atoms with Gasteiger partial charge < -0.3 is 9.47 Å². The van der Waals surface area contributed by atoms with Crippen LogP contribution in [-0.2, 0) is 20.7 Å². The van der Waals surface area contributed by atoms with Gasteiger partial charge in [-0.05, 0) is 65.6 Å². The number of rotatable bonds is 10. The summed E-state index contributed by atoms with van der Waals surface area (Å²) in [5, 5.41) is 0. The van der Waals surface area contributed by atoms with Crippen LogP contribution in [0.15, 0.2) is 48.5 Å². The van der Waals surface area contributed by atoms with Crippen LogP contribution >= 0.6 is 22.6 Å². The zero-order valence-corrected chi connectivity index (χ0v) is 18.9. The van der Waals surface area contributed by atoms with Gasteiger partial charge in [0.1, 0.15) is 5.75 Å². The number of methoxy groups -OCH3 is 1.